The molecule has 0 N–H and O–H groups in total. The molecule has 6 heteroatoms. The molecule has 0 heterocycles. The van der Waals surface area contributed by atoms with Crippen molar-refractivity contribution in [3.05, 3.63) is 193 Å². The lowest BCUT2D eigenvalue weighted by atomic mass is 10.2. The van der Waals surface area contributed by atoms with Gasteiger partial charge in [0.05, 0.1) is 11.1 Å². The van der Waals surface area contributed by atoms with Crippen molar-refractivity contribution in [2.24, 2.45) is 0 Å². The Hall–Kier alpha value is -4.88. The summed E-state index contributed by atoms with van der Waals surface area (Å²) in [5.74, 6) is -0.887. The zero-order chi connectivity index (χ0) is 33.0. The van der Waals surface area contributed by atoms with Crippen molar-refractivity contribution in [3.8, 4) is 0 Å². The minimum absolute atomic E-state index is 0.443. The van der Waals surface area contributed by atoms with E-state index in [1.165, 1.54) is 0 Å². The van der Waals surface area contributed by atoms with Crippen LogP contribution in [0.5, 0.6) is 0 Å². The van der Waals surface area contributed by atoms with E-state index in [2.05, 4.69) is 48.5 Å². The molecule has 48 heavy (non-hydrogen) atoms. The second-order valence-corrected chi connectivity index (χ2v) is 15.7. The van der Waals surface area contributed by atoms with Crippen LogP contribution in [0.25, 0.3) is 0 Å². The number of carbonyl (C=O) groups excluding carboxylic acids is 2. The minimum atomic E-state index is -0.996. The van der Waals surface area contributed by atoms with Crippen LogP contribution in [0.1, 0.15) is 20.7 Å². The maximum absolute atomic E-state index is 13.8. The number of ether oxygens (including phenoxy) is 2. The quantitative estimate of drug-likeness (QED) is 0.0937. The summed E-state index contributed by atoms with van der Waals surface area (Å²) in [7, 11) is -1.99. The van der Waals surface area contributed by atoms with Gasteiger partial charge < -0.3 is 9.47 Å². The summed E-state index contributed by atoms with van der Waals surface area (Å²) in [5, 5.41) is 4.61. The maximum Gasteiger partial charge on any atom is 0.338 e. The smallest absolute Gasteiger partial charge is 0.338 e. The molecule has 6 aromatic carbocycles. The van der Waals surface area contributed by atoms with Crippen LogP contribution < -0.4 is 21.2 Å². The summed E-state index contributed by atoms with van der Waals surface area (Å²) in [6, 6.07) is 59.4. The van der Waals surface area contributed by atoms with E-state index in [9.17, 15) is 9.59 Å². The molecule has 2 atom stereocenters. The highest BCUT2D eigenvalue weighted by atomic mass is 31.1. The molecule has 0 amide bonds. The molecular weight excluding hydrogens is 630 g/mol. The van der Waals surface area contributed by atoms with Crippen molar-refractivity contribution >= 4 is 49.0 Å². The first-order valence-corrected chi connectivity index (χ1v) is 19.0. The van der Waals surface area contributed by atoms with E-state index < -0.39 is 40.0 Å². The standard InChI is InChI=1S/C42H36O4P2/c43-41(33-19-7-1-8-20-33)45-39(31-47(35-23-11-3-12-24-35)36-25-13-4-14-26-36)40(46-42(44)34-21-9-2-10-22-34)32-48(37-27-15-5-16-28-37)38-29-17-6-18-30-38/h1-30,39-40H,31-32H2/t39-,40-/m0/s1. The van der Waals surface area contributed by atoms with Gasteiger partial charge in [0, 0.05) is 12.3 Å². The van der Waals surface area contributed by atoms with Crippen LogP contribution in [0.4, 0.5) is 0 Å². The van der Waals surface area contributed by atoms with Crippen molar-refractivity contribution in [2.45, 2.75) is 12.2 Å². The van der Waals surface area contributed by atoms with Crippen molar-refractivity contribution < 1.29 is 19.1 Å². The van der Waals surface area contributed by atoms with Crippen molar-refractivity contribution in [1.82, 2.24) is 0 Å². The van der Waals surface area contributed by atoms with Crippen LogP contribution in [0, 0.1) is 0 Å². The van der Waals surface area contributed by atoms with Gasteiger partial charge in [-0.25, -0.2) is 9.59 Å². The van der Waals surface area contributed by atoms with Gasteiger partial charge in [-0.05, 0) is 61.3 Å². The molecule has 6 rings (SSSR count). The molecule has 0 saturated heterocycles. The fraction of sp³-hybridized carbons (Fsp3) is 0.0952. The van der Waals surface area contributed by atoms with E-state index in [1.54, 1.807) is 24.3 Å². The molecule has 0 fully saturated rings. The predicted molar refractivity (Wildman–Crippen MR) is 199 cm³/mol. The van der Waals surface area contributed by atoms with Crippen LogP contribution in [-0.2, 0) is 9.47 Å². The van der Waals surface area contributed by atoms with Gasteiger partial charge in [0.2, 0.25) is 0 Å². The van der Waals surface area contributed by atoms with Gasteiger partial charge in [0.1, 0.15) is 12.2 Å². The van der Waals surface area contributed by atoms with Gasteiger partial charge in [0.25, 0.3) is 0 Å². The average molecular weight is 667 g/mol. The van der Waals surface area contributed by atoms with E-state index in [0.717, 1.165) is 21.2 Å². The topological polar surface area (TPSA) is 52.6 Å². The fourth-order valence-electron chi connectivity index (χ4n) is 5.53. The molecular formula is C42H36O4P2. The zero-order valence-corrected chi connectivity index (χ0v) is 28.2. The predicted octanol–water partition coefficient (Wildman–Crippen LogP) is 7.70. The highest BCUT2D eigenvalue weighted by molar-refractivity contribution is 7.73. The number of carbonyl (C=O) groups is 2. The van der Waals surface area contributed by atoms with Crippen LogP contribution in [0.15, 0.2) is 182 Å². The highest BCUT2D eigenvalue weighted by Gasteiger charge is 2.35. The SMILES string of the molecule is O=C(O[C@@H](CP(c1ccccc1)c1ccccc1)[C@H](CP(c1ccccc1)c1ccccc1)OC(=O)c1ccccc1)c1ccccc1. The van der Waals surface area contributed by atoms with Gasteiger partial charge in [-0.2, -0.15) is 0 Å². The van der Waals surface area contributed by atoms with E-state index in [-0.39, 0.29) is 0 Å². The molecule has 0 saturated carbocycles. The summed E-state index contributed by atoms with van der Waals surface area (Å²) in [5.41, 5.74) is 0.903. The van der Waals surface area contributed by atoms with Gasteiger partial charge in [-0.15, -0.1) is 0 Å². The largest absolute Gasteiger partial charge is 0.454 e. The summed E-state index contributed by atoms with van der Waals surface area (Å²) in [4.78, 5) is 27.7. The Kier molecular flexibility index (Phi) is 11.6. The van der Waals surface area contributed by atoms with E-state index >= 15 is 0 Å². The number of benzene rings is 6. The Morgan fingerprint density at radius 3 is 0.854 bits per heavy atom. The number of hydrogen-bond acceptors (Lipinski definition) is 4. The van der Waals surface area contributed by atoms with Crippen LogP contribution in [-0.4, -0.2) is 36.5 Å². The maximum atomic E-state index is 13.8. The van der Waals surface area contributed by atoms with Gasteiger partial charge in [0.15, 0.2) is 0 Å². The van der Waals surface area contributed by atoms with Gasteiger partial charge in [-0.3, -0.25) is 0 Å². The minimum Gasteiger partial charge on any atom is -0.454 e. The van der Waals surface area contributed by atoms with Crippen molar-refractivity contribution in [3.63, 3.8) is 0 Å². The second kappa shape index (κ2) is 16.8. The third-order valence-corrected chi connectivity index (χ3v) is 13.1. The molecule has 0 radical (unpaired) electrons. The van der Waals surface area contributed by atoms with Crippen LogP contribution >= 0.6 is 15.8 Å². The third kappa shape index (κ3) is 8.72. The number of rotatable bonds is 13. The van der Waals surface area contributed by atoms with Crippen molar-refractivity contribution in [1.29, 1.82) is 0 Å². The summed E-state index contributed by atoms with van der Waals surface area (Å²) >= 11 is 0. The molecule has 238 valence electrons. The monoisotopic (exact) mass is 666 g/mol. The average Bonchev–Trinajstić information content (AvgIpc) is 3.17. The molecule has 0 spiro atoms. The fourth-order valence-corrected chi connectivity index (χ4v) is 10.4. The van der Waals surface area contributed by atoms with Gasteiger partial charge in [-0.1, -0.05) is 158 Å². The first-order valence-electron chi connectivity index (χ1n) is 15.9. The van der Waals surface area contributed by atoms with Crippen LogP contribution in [0.2, 0.25) is 0 Å². The highest BCUT2D eigenvalue weighted by Crippen LogP contribution is 2.40. The van der Waals surface area contributed by atoms with Crippen LogP contribution in [0.3, 0.4) is 0 Å². The van der Waals surface area contributed by atoms with E-state index in [0.29, 0.717) is 23.5 Å². The lowest BCUT2D eigenvalue weighted by Crippen LogP contribution is -2.42. The molecule has 0 aromatic heterocycles. The summed E-state index contributed by atoms with van der Waals surface area (Å²) in [6.07, 6.45) is -0.535. The Morgan fingerprint density at radius 2 is 0.604 bits per heavy atom. The van der Waals surface area contributed by atoms with Crippen molar-refractivity contribution in [2.75, 3.05) is 12.3 Å². The Morgan fingerprint density at radius 1 is 0.375 bits per heavy atom. The Labute approximate surface area is 284 Å². The third-order valence-electron chi connectivity index (χ3n) is 7.95. The summed E-state index contributed by atoms with van der Waals surface area (Å²) < 4.78 is 13.0. The van der Waals surface area contributed by atoms with Gasteiger partial charge >= 0.3 is 11.9 Å². The first kappa shape index (κ1) is 33.0. The number of esters is 2. The Balaban J connectivity index is 1.45. The van der Waals surface area contributed by atoms with E-state index in [4.69, 9.17) is 9.47 Å². The second-order valence-electron chi connectivity index (χ2n) is 11.2. The Bertz CT molecular complexity index is 1640. The zero-order valence-electron chi connectivity index (χ0n) is 26.4. The lowest BCUT2D eigenvalue weighted by Gasteiger charge is -2.33. The molecule has 0 aliphatic heterocycles. The first-order chi connectivity index (χ1) is 23.7. The molecule has 6 aromatic rings. The molecule has 0 aliphatic rings. The normalized spacial score (nSPS) is 12.3. The number of hydrogen-bond donors (Lipinski definition) is 0. The molecule has 0 unspecified atom stereocenters. The molecule has 0 aliphatic carbocycles. The lowest BCUT2D eigenvalue weighted by molar-refractivity contribution is -0.0213. The molecule has 0 bridgehead atoms. The summed E-state index contributed by atoms with van der Waals surface area (Å²) in [6.45, 7) is 0. The molecule has 4 nitrogen and oxygen atoms in total. The van der Waals surface area contributed by atoms with E-state index in [1.807, 2.05) is 109 Å².